The van der Waals surface area contributed by atoms with Crippen LogP contribution in [0, 0.1) is 0 Å². The fourth-order valence-electron chi connectivity index (χ4n) is 1.38. The third-order valence-corrected chi connectivity index (χ3v) is 3.06. The molecule has 0 fully saturated rings. The minimum atomic E-state index is -1.04. The summed E-state index contributed by atoms with van der Waals surface area (Å²) in [6, 6.07) is 2.52. The molecule has 0 aliphatic heterocycles. The molecular weight excluding hydrogens is 290 g/mol. The van der Waals surface area contributed by atoms with Crippen LogP contribution >= 0.6 is 15.9 Å². The quantitative estimate of drug-likeness (QED) is 0.860. The van der Waals surface area contributed by atoms with Crippen molar-refractivity contribution in [1.82, 2.24) is 0 Å². The Kier molecular flexibility index (Phi) is 4.77. The molecule has 0 aliphatic carbocycles. The predicted octanol–water partition coefficient (Wildman–Crippen LogP) is 1.42. The number of hydrogen-bond acceptors (Lipinski definition) is 4. The summed E-state index contributed by atoms with van der Waals surface area (Å²) in [6.45, 7) is 0. The first-order valence-electron chi connectivity index (χ1n) is 4.88. The number of nitrogens with two attached hydrogens (primary N) is 1. The zero-order valence-corrected chi connectivity index (χ0v) is 11.2. The maximum absolute atomic E-state index is 10.7. The van der Waals surface area contributed by atoms with E-state index < -0.39 is 12.0 Å². The summed E-state index contributed by atoms with van der Waals surface area (Å²) in [6.07, 6.45) is 0.218. The number of carboxylic acids is 1. The third kappa shape index (κ3) is 3.34. The second-order valence-electron chi connectivity index (χ2n) is 3.46. The first-order chi connectivity index (χ1) is 7.99. The van der Waals surface area contributed by atoms with Crippen molar-refractivity contribution in [2.24, 2.45) is 5.73 Å². The van der Waals surface area contributed by atoms with E-state index in [9.17, 15) is 4.79 Å². The smallest absolute Gasteiger partial charge is 0.320 e. The van der Waals surface area contributed by atoms with E-state index in [-0.39, 0.29) is 6.42 Å². The molecule has 17 heavy (non-hydrogen) atoms. The highest BCUT2D eigenvalue weighted by Crippen LogP contribution is 2.35. The Balaban J connectivity index is 3.05. The van der Waals surface area contributed by atoms with Crippen LogP contribution in [0.5, 0.6) is 11.5 Å². The Morgan fingerprint density at radius 2 is 1.88 bits per heavy atom. The third-order valence-electron chi connectivity index (χ3n) is 2.28. The predicted molar refractivity (Wildman–Crippen MR) is 66.6 cm³/mol. The molecule has 0 aliphatic rings. The molecule has 1 unspecified atom stereocenters. The van der Waals surface area contributed by atoms with Crippen LogP contribution < -0.4 is 15.2 Å². The summed E-state index contributed by atoms with van der Waals surface area (Å²) in [4.78, 5) is 10.7. The van der Waals surface area contributed by atoms with Gasteiger partial charge in [0.15, 0.2) is 0 Å². The van der Waals surface area contributed by atoms with Gasteiger partial charge in [-0.05, 0) is 40.0 Å². The molecule has 0 amide bonds. The number of aliphatic carboxylic acids is 1. The Hall–Kier alpha value is -1.27. The van der Waals surface area contributed by atoms with E-state index in [2.05, 4.69) is 15.9 Å². The highest BCUT2D eigenvalue weighted by molar-refractivity contribution is 9.10. The Morgan fingerprint density at radius 1 is 1.41 bits per heavy atom. The van der Waals surface area contributed by atoms with Crippen molar-refractivity contribution in [3.63, 3.8) is 0 Å². The van der Waals surface area contributed by atoms with Gasteiger partial charge in [-0.2, -0.15) is 0 Å². The largest absolute Gasteiger partial charge is 0.495 e. The highest BCUT2D eigenvalue weighted by atomic mass is 79.9. The maximum Gasteiger partial charge on any atom is 0.320 e. The van der Waals surface area contributed by atoms with E-state index >= 15 is 0 Å². The van der Waals surface area contributed by atoms with Crippen LogP contribution in [0.4, 0.5) is 0 Å². The van der Waals surface area contributed by atoms with Crippen LogP contribution in [0.25, 0.3) is 0 Å². The second-order valence-corrected chi connectivity index (χ2v) is 4.26. The summed E-state index contributed by atoms with van der Waals surface area (Å²) in [5, 5.41) is 8.75. The lowest BCUT2D eigenvalue weighted by atomic mass is 10.1. The summed E-state index contributed by atoms with van der Waals surface area (Å²) in [5.41, 5.74) is 6.22. The minimum Gasteiger partial charge on any atom is -0.495 e. The number of carbonyl (C=O) groups is 1. The summed E-state index contributed by atoms with van der Waals surface area (Å²) in [5.74, 6) is 0.125. The molecule has 5 nitrogen and oxygen atoms in total. The van der Waals surface area contributed by atoms with Crippen LogP contribution in [0.2, 0.25) is 0 Å². The van der Waals surface area contributed by atoms with E-state index in [4.69, 9.17) is 20.3 Å². The van der Waals surface area contributed by atoms with Gasteiger partial charge in [-0.15, -0.1) is 0 Å². The van der Waals surface area contributed by atoms with Crippen molar-refractivity contribution in [3.8, 4) is 11.5 Å². The number of halogens is 1. The number of benzene rings is 1. The van der Waals surface area contributed by atoms with Crippen LogP contribution in [-0.4, -0.2) is 31.3 Å². The molecule has 0 radical (unpaired) electrons. The van der Waals surface area contributed by atoms with Crippen molar-refractivity contribution in [3.05, 3.63) is 22.2 Å². The van der Waals surface area contributed by atoms with Crippen molar-refractivity contribution in [1.29, 1.82) is 0 Å². The minimum absolute atomic E-state index is 0.218. The molecule has 94 valence electrons. The molecule has 3 N–H and O–H groups in total. The molecule has 0 bridgehead atoms. The SMILES string of the molecule is COc1cc(CC(N)C(=O)O)cc(OC)c1Br. The van der Waals surface area contributed by atoms with E-state index in [0.717, 1.165) is 5.56 Å². The van der Waals surface area contributed by atoms with Gasteiger partial charge in [-0.25, -0.2) is 0 Å². The van der Waals surface area contributed by atoms with Crippen LogP contribution in [0.1, 0.15) is 5.56 Å². The standard InChI is InChI=1S/C11H14BrNO4/c1-16-8-4-6(3-7(13)11(14)15)5-9(17-2)10(8)12/h4-5,7H,3,13H2,1-2H3,(H,14,15). The molecule has 1 rings (SSSR count). The van der Waals surface area contributed by atoms with Gasteiger partial charge in [0.25, 0.3) is 0 Å². The van der Waals surface area contributed by atoms with E-state index in [1.165, 1.54) is 14.2 Å². The molecule has 0 saturated heterocycles. The molecule has 0 spiro atoms. The molecule has 1 aromatic rings. The lowest BCUT2D eigenvalue weighted by Crippen LogP contribution is -2.32. The lowest BCUT2D eigenvalue weighted by Gasteiger charge is -2.12. The van der Waals surface area contributed by atoms with Gasteiger partial charge in [0.2, 0.25) is 0 Å². The van der Waals surface area contributed by atoms with Gasteiger partial charge < -0.3 is 20.3 Å². The van der Waals surface area contributed by atoms with Crippen LogP contribution in [-0.2, 0) is 11.2 Å². The first kappa shape index (κ1) is 13.8. The molecule has 1 atom stereocenters. The molecular formula is C11H14BrNO4. The highest BCUT2D eigenvalue weighted by Gasteiger charge is 2.15. The van der Waals surface area contributed by atoms with Gasteiger partial charge in [0.05, 0.1) is 14.2 Å². The van der Waals surface area contributed by atoms with Crippen molar-refractivity contribution < 1.29 is 19.4 Å². The van der Waals surface area contributed by atoms with Gasteiger partial charge in [0, 0.05) is 0 Å². The Bertz CT molecular complexity index is 397. The molecule has 6 heteroatoms. The number of ether oxygens (including phenoxy) is 2. The fraction of sp³-hybridized carbons (Fsp3) is 0.364. The van der Waals surface area contributed by atoms with E-state index in [1.807, 2.05) is 0 Å². The average molecular weight is 304 g/mol. The number of hydrogen-bond donors (Lipinski definition) is 2. The number of carboxylic acid groups (broad SMARTS) is 1. The molecule has 0 saturated carbocycles. The second kappa shape index (κ2) is 5.88. The Labute approximate surface area is 108 Å². The number of methoxy groups -OCH3 is 2. The molecule has 1 aromatic carbocycles. The lowest BCUT2D eigenvalue weighted by molar-refractivity contribution is -0.138. The zero-order chi connectivity index (χ0) is 13.0. The van der Waals surface area contributed by atoms with Crippen LogP contribution in [0.3, 0.4) is 0 Å². The van der Waals surface area contributed by atoms with Crippen molar-refractivity contribution in [2.75, 3.05) is 14.2 Å². The van der Waals surface area contributed by atoms with Crippen molar-refractivity contribution in [2.45, 2.75) is 12.5 Å². The zero-order valence-electron chi connectivity index (χ0n) is 9.57. The van der Waals surface area contributed by atoms with Crippen LogP contribution in [0.15, 0.2) is 16.6 Å². The fourth-order valence-corrected chi connectivity index (χ4v) is 1.94. The number of rotatable bonds is 5. The van der Waals surface area contributed by atoms with Gasteiger partial charge in [-0.3, -0.25) is 4.79 Å². The normalized spacial score (nSPS) is 12.0. The monoisotopic (exact) mass is 303 g/mol. The first-order valence-corrected chi connectivity index (χ1v) is 5.67. The van der Waals surface area contributed by atoms with Gasteiger partial charge in [-0.1, -0.05) is 0 Å². The van der Waals surface area contributed by atoms with E-state index in [1.54, 1.807) is 12.1 Å². The maximum atomic E-state index is 10.7. The van der Waals surface area contributed by atoms with Gasteiger partial charge in [0.1, 0.15) is 22.0 Å². The molecule has 0 heterocycles. The van der Waals surface area contributed by atoms with Gasteiger partial charge >= 0.3 is 5.97 Å². The topological polar surface area (TPSA) is 81.8 Å². The molecule has 0 aromatic heterocycles. The Morgan fingerprint density at radius 3 is 2.24 bits per heavy atom. The average Bonchev–Trinajstić information content (AvgIpc) is 2.30. The summed E-state index contributed by atoms with van der Waals surface area (Å²) >= 11 is 3.33. The summed E-state index contributed by atoms with van der Waals surface area (Å²) in [7, 11) is 3.06. The van der Waals surface area contributed by atoms with E-state index in [0.29, 0.717) is 16.0 Å². The summed E-state index contributed by atoms with van der Waals surface area (Å²) < 4.78 is 11.0. The van der Waals surface area contributed by atoms with Crippen molar-refractivity contribution >= 4 is 21.9 Å².